The van der Waals surface area contributed by atoms with Crippen LogP contribution in [0.25, 0.3) is 0 Å². The molecule has 0 unspecified atom stereocenters. The number of alkyl halides is 3. The molecule has 1 aromatic heterocycles. The van der Waals surface area contributed by atoms with E-state index in [0.29, 0.717) is 18.7 Å². The predicted molar refractivity (Wildman–Crippen MR) is 121 cm³/mol. The fraction of sp³-hybridized carbons (Fsp3) is 0.526. The van der Waals surface area contributed by atoms with E-state index in [1.165, 1.54) is 6.07 Å². The van der Waals surface area contributed by atoms with Gasteiger partial charge in [0.05, 0.1) is 11.8 Å². The van der Waals surface area contributed by atoms with Gasteiger partial charge >= 0.3 is 12.1 Å². The van der Waals surface area contributed by atoms with Gasteiger partial charge in [-0.3, -0.25) is 4.72 Å². The molecule has 2 heterocycles. The summed E-state index contributed by atoms with van der Waals surface area (Å²) >= 11 is 0.809. The van der Waals surface area contributed by atoms with E-state index in [2.05, 4.69) is 20.4 Å². The Balaban J connectivity index is 1.95. The van der Waals surface area contributed by atoms with E-state index in [0.717, 1.165) is 29.9 Å². The van der Waals surface area contributed by atoms with Crippen LogP contribution in [0, 0.1) is 0 Å². The fourth-order valence-electron chi connectivity index (χ4n) is 3.31. The molecule has 0 amide bonds. The number of azo groups is 1. The molecule has 0 bridgehead atoms. The molecule has 15 heteroatoms. The number of sulfonamides is 1. The lowest BCUT2D eigenvalue weighted by atomic mass is 10.0. The highest BCUT2D eigenvalue weighted by Crippen LogP contribution is 2.38. The van der Waals surface area contributed by atoms with E-state index in [1.54, 1.807) is 19.9 Å². The average molecular weight is 521 g/mol. The first-order valence-electron chi connectivity index (χ1n) is 10.3. The van der Waals surface area contributed by atoms with Crippen LogP contribution in [0.5, 0.6) is 0 Å². The SMILES string of the molecule is CCN1CCCc2cc(N=Nc3nnc(C(=O)OC(C)C)s3)c(NS(=O)(=O)CC(F)(F)F)cc21. The molecule has 0 fully saturated rings. The third-order valence-electron chi connectivity index (χ3n) is 4.59. The smallest absolute Gasteiger partial charge is 0.404 e. The van der Waals surface area contributed by atoms with Crippen molar-refractivity contribution in [3.63, 3.8) is 0 Å². The van der Waals surface area contributed by atoms with Crippen molar-refractivity contribution < 1.29 is 31.1 Å². The maximum absolute atomic E-state index is 12.7. The predicted octanol–water partition coefficient (Wildman–Crippen LogP) is 4.60. The fourth-order valence-corrected chi connectivity index (χ4v) is 4.86. The number of carbonyl (C=O) groups excluding carboxylic acids is 1. The minimum Gasteiger partial charge on any atom is -0.458 e. The molecule has 0 radical (unpaired) electrons. The number of halogens is 3. The second-order valence-electron chi connectivity index (χ2n) is 7.70. The molecule has 1 aromatic carbocycles. The van der Waals surface area contributed by atoms with Crippen LogP contribution in [-0.4, -0.2) is 55.7 Å². The highest BCUT2D eigenvalue weighted by molar-refractivity contribution is 7.92. The number of benzene rings is 1. The minimum atomic E-state index is -4.91. The molecule has 10 nitrogen and oxygen atoms in total. The summed E-state index contributed by atoms with van der Waals surface area (Å²) in [5.41, 5.74) is 1.45. The van der Waals surface area contributed by atoms with E-state index in [-0.39, 0.29) is 27.6 Å². The van der Waals surface area contributed by atoms with Crippen molar-refractivity contribution in [1.82, 2.24) is 10.2 Å². The van der Waals surface area contributed by atoms with Gasteiger partial charge in [0, 0.05) is 18.8 Å². The zero-order valence-electron chi connectivity index (χ0n) is 18.6. The van der Waals surface area contributed by atoms with Crippen LogP contribution in [0.1, 0.15) is 42.6 Å². The number of hydrogen-bond acceptors (Lipinski definition) is 10. The van der Waals surface area contributed by atoms with Crippen LogP contribution in [0.3, 0.4) is 0 Å². The number of ether oxygens (including phenoxy) is 1. The molecule has 0 spiro atoms. The Labute approximate surface area is 198 Å². The average Bonchev–Trinajstić information content (AvgIpc) is 3.18. The zero-order chi connectivity index (χ0) is 25.1. The molecule has 1 N–H and O–H groups in total. The van der Waals surface area contributed by atoms with Crippen molar-refractivity contribution in [3.05, 3.63) is 22.7 Å². The zero-order valence-corrected chi connectivity index (χ0v) is 20.2. The van der Waals surface area contributed by atoms with Crippen LogP contribution in [0.2, 0.25) is 0 Å². The van der Waals surface area contributed by atoms with E-state index in [9.17, 15) is 26.4 Å². The van der Waals surface area contributed by atoms with Gasteiger partial charge in [0.15, 0.2) is 5.75 Å². The number of esters is 1. The first kappa shape index (κ1) is 25.8. The van der Waals surface area contributed by atoms with E-state index >= 15 is 0 Å². The number of carbonyl (C=O) groups is 1. The number of aryl methyl sites for hydroxylation is 1. The summed E-state index contributed by atoms with van der Waals surface area (Å²) in [5, 5.41) is 15.3. The molecule has 3 rings (SSSR count). The number of hydrogen-bond donors (Lipinski definition) is 1. The molecule has 1 aliphatic heterocycles. The number of anilines is 2. The Hall–Kier alpha value is -2.81. The molecule has 1 aliphatic rings. The van der Waals surface area contributed by atoms with E-state index < -0.39 is 27.9 Å². The summed E-state index contributed by atoms with van der Waals surface area (Å²) in [5.74, 6) is -2.72. The summed E-state index contributed by atoms with van der Waals surface area (Å²) in [6, 6.07) is 3.05. The summed E-state index contributed by atoms with van der Waals surface area (Å²) in [7, 11) is -4.75. The standard InChI is InChI=1S/C19H23F3N6O4S2/c1-4-28-7-5-6-12-8-13(14(9-15(12)28)27-34(30,31)10-19(20,21)22)23-25-18-26-24-16(33-18)17(29)32-11(2)3/h8-9,11,27H,4-7,10H2,1-3H3. The van der Waals surface area contributed by atoms with Crippen molar-refractivity contribution >= 4 is 49.5 Å². The second kappa shape index (κ2) is 10.2. The van der Waals surface area contributed by atoms with Crippen LogP contribution in [-0.2, 0) is 21.2 Å². The highest BCUT2D eigenvalue weighted by atomic mass is 32.2. The van der Waals surface area contributed by atoms with Gasteiger partial charge in [0.25, 0.3) is 5.13 Å². The van der Waals surface area contributed by atoms with Crippen molar-refractivity contribution in [3.8, 4) is 0 Å². The monoisotopic (exact) mass is 520 g/mol. The number of fused-ring (bicyclic) bond motifs is 1. The third-order valence-corrected chi connectivity index (χ3v) is 6.61. The number of aromatic nitrogens is 2. The Morgan fingerprint density at radius 1 is 1.29 bits per heavy atom. The van der Waals surface area contributed by atoms with Gasteiger partial charge in [-0.1, -0.05) is 11.3 Å². The third kappa shape index (κ3) is 6.85. The van der Waals surface area contributed by atoms with Gasteiger partial charge in [-0.05, 0) is 51.3 Å². The first-order valence-corrected chi connectivity index (χ1v) is 12.8. The highest BCUT2D eigenvalue weighted by Gasteiger charge is 2.35. The lowest BCUT2D eigenvalue weighted by molar-refractivity contribution is -0.106. The van der Waals surface area contributed by atoms with Crippen molar-refractivity contribution in [1.29, 1.82) is 0 Å². The summed E-state index contributed by atoms with van der Waals surface area (Å²) in [6.07, 6.45) is -3.72. The van der Waals surface area contributed by atoms with E-state index in [4.69, 9.17) is 4.74 Å². The van der Waals surface area contributed by atoms with Crippen LogP contribution in [0.15, 0.2) is 22.4 Å². The number of nitrogens with zero attached hydrogens (tertiary/aromatic N) is 5. The van der Waals surface area contributed by atoms with Gasteiger partial charge in [0.2, 0.25) is 15.0 Å². The topological polar surface area (TPSA) is 126 Å². The summed E-state index contributed by atoms with van der Waals surface area (Å²) in [4.78, 5) is 13.9. The molecule has 34 heavy (non-hydrogen) atoms. The molecule has 0 saturated carbocycles. The molecule has 0 aliphatic carbocycles. The van der Waals surface area contributed by atoms with Crippen LogP contribution < -0.4 is 9.62 Å². The largest absolute Gasteiger partial charge is 0.458 e. The van der Waals surface area contributed by atoms with Gasteiger partial charge in [-0.15, -0.1) is 20.4 Å². The van der Waals surface area contributed by atoms with Crippen molar-refractivity contribution in [2.75, 3.05) is 28.5 Å². The summed E-state index contributed by atoms with van der Waals surface area (Å²) in [6.45, 7) is 6.66. The van der Waals surface area contributed by atoms with Crippen LogP contribution >= 0.6 is 11.3 Å². The number of nitrogens with one attached hydrogen (secondary N) is 1. The normalized spacial score (nSPS) is 14.5. The molecule has 2 aromatic rings. The number of rotatable bonds is 8. The maximum atomic E-state index is 12.7. The van der Waals surface area contributed by atoms with Gasteiger partial charge < -0.3 is 9.64 Å². The molecular formula is C19H23F3N6O4S2. The Morgan fingerprint density at radius 3 is 2.68 bits per heavy atom. The lowest BCUT2D eigenvalue weighted by Gasteiger charge is -2.31. The van der Waals surface area contributed by atoms with E-state index in [1.807, 2.05) is 16.5 Å². The Bertz CT molecular complexity index is 1180. The molecule has 0 atom stereocenters. The first-order chi connectivity index (χ1) is 15.9. The molecular weight excluding hydrogens is 497 g/mol. The van der Waals surface area contributed by atoms with Gasteiger partial charge in [-0.25, -0.2) is 13.2 Å². The summed E-state index contributed by atoms with van der Waals surface area (Å²) < 4.78 is 69.5. The Kier molecular flexibility index (Phi) is 7.75. The van der Waals surface area contributed by atoms with Gasteiger partial charge in [0.1, 0.15) is 5.69 Å². The van der Waals surface area contributed by atoms with Crippen molar-refractivity contribution in [2.45, 2.75) is 45.9 Å². The quantitative estimate of drug-likeness (QED) is 0.398. The molecule has 0 saturated heterocycles. The maximum Gasteiger partial charge on any atom is 0.404 e. The molecule has 186 valence electrons. The van der Waals surface area contributed by atoms with Gasteiger partial charge in [-0.2, -0.15) is 13.2 Å². The lowest BCUT2D eigenvalue weighted by Crippen LogP contribution is -2.30. The van der Waals surface area contributed by atoms with Crippen molar-refractivity contribution in [2.24, 2.45) is 10.2 Å². The Morgan fingerprint density at radius 2 is 2.03 bits per heavy atom. The minimum absolute atomic E-state index is 0.00675. The van der Waals surface area contributed by atoms with Crippen LogP contribution in [0.4, 0.5) is 35.4 Å². The second-order valence-corrected chi connectivity index (χ2v) is 10.4.